The van der Waals surface area contributed by atoms with E-state index in [1.165, 1.54) is 48.7 Å². The van der Waals surface area contributed by atoms with Gasteiger partial charge in [-0.25, -0.2) is 14.1 Å². The number of halogens is 5. The molecule has 0 aliphatic rings. The van der Waals surface area contributed by atoms with Gasteiger partial charge in [-0.1, -0.05) is 29.8 Å². The Hall–Kier alpha value is -4.12. The molecule has 7 nitrogen and oxygen atoms in total. The van der Waals surface area contributed by atoms with Crippen LogP contribution < -0.4 is 15.8 Å². The van der Waals surface area contributed by atoms with Crippen LogP contribution in [-0.2, 0) is 6.18 Å². The zero-order valence-corrected chi connectivity index (χ0v) is 17.7. The molecule has 2 aromatic carbocycles. The van der Waals surface area contributed by atoms with Gasteiger partial charge >= 0.3 is 6.18 Å². The highest BCUT2D eigenvalue weighted by molar-refractivity contribution is 6.34. The van der Waals surface area contributed by atoms with Gasteiger partial charge in [0.2, 0.25) is 0 Å². The average Bonchev–Trinajstić information content (AvgIpc) is 3.25. The Morgan fingerprint density at radius 3 is 2.50 bits per heavy atom. The summed E-state index contributed by atoms with van der Waals surface area (Å²) in [5.41, 5.74) is 3.61. The number of anilines is 2. The largest absolute Gasteiger partial charge is 0.453 e. The molecular formula is C22H14ClF4N5O2. The van der Waals surface area contributed by atoms with Gasteiger partial charge in [0.25, 0.3) is 5.91 Å². The monoisotopic (exact) mass is 491 g/mol. The minimum absolute atomic E-state index is 0.0139. The van der Waals surface area contributed by atoms with Crippen LogP contribution in [0.25, 0.3) is 5.69 Å². The molecule has 34 heavy (non-hydrogen) atoms. The standard InChI is InChI=1S/C22H14ClF4N5O2/c23-18-17(8-9-29-20(18)28)34-16-7-6-12(10-15(16)24)31-21(33)14-11-30-32(19(14)22(25,26)27)13-4-2-1-3-5-13/h1-11H,(H2,28,29)(H,31,33). The maximum atomic E-state index is 14.6. The highest BCUT2D eigenvalue weighted by Crippen LogP contribution is 2.35. The first-order chi connectivity index (χ1) is 16.1. The molecule has 1 amide bonds. The van der Waals surface area contributed by atoms with E-state index in [4.69, 9.17) is 22.1 Å². The van der Waals surface area contributed by atoms with E-state index >= 15 is 0 Å². The van der Waals surface area contributed by atoms with Crippen molar-refractivity contribution in [2.75, 3.05) is 11.1 Å². The number of alkyl halides is 3. The van der Waals surface area contributed by atoms with E-state index in [2.05, 4.69) is 15.4 Å². The third-order valence-electron chi connectivity index (χ3n) is 4.57. The first-order valence-electron chi connectivity index (χ1n) is 9.54. The number of rotatable bonds is 5. The number of carbonyl (C=O) groups excluding carboxylic acids is 1. The fourth-order valence-corrected chi connectivity index (χ4v) is 3.20. The summed E-state index contributed by atoms with van der Waals surface area (Å²) in [6.45, 7) is 0. The van der Waals surface area contributed by atoms with Crippen LogP contribution in [0.15, 0.2) is 67.0 Å². The first kappa shape index (κ1) is 23.1. The molecule has 4 rings (SSSR count). The summed E-state index contributed by atoms with van der Waals surface area (Å²) in [6, 6.07) is 12.2. The Labute approximate surface area is 194 Å². The predicted molar refractivity (Wildman–Crippen MR) is 117 cm³/mol. The molecule has 174 valence electrons. The summed E-state index contributed by atoms with van der Waals surface area (Å²) < 4.78 is 61.9. The van der Waals surface area contributed by atoms with E-state index in [0.717, 1.165) is 12.3 Å². The van der Waals surface area contributed by atoms with Crippen molar-refractivity contribution in [1.29, 1.82) is 0 Å². The van der Waals surface area contributed by atoms with Crippen molar-refractivity contribution in [2.24, 2.45) is 0 Å². The van der Waals surface area contributed by atoms with E-state index in [1.54, 1.807) is 6.07 Å². The van der Waals surface area contributed by atoms with E-state index in [9.17, 15) is 22.4 Å². The van der Waals surface area contributed by atoms with Crippen LogP contribution >= 0.6 is 11.6 Å². The van der Waals surface area contributed by atoms with Gasteiger partial charge in [-0.3, -0.25) is 4.79 Å². The molecule has 2 aromatic heterocycles. The zero-order chi connectivity index (χ0) is 24.5. The van der Waals surface area contributed by atoms with E-state index < -0.39 is 29.2 Å². The Bertz CT molecular complexity index is 1360. The van der Waals surface area contributed by atoms with Crippen LogP contribution in [-0.4, -0.2) is 20.7 Å². The molecule has 0 atom stereocenters. The number of amides is 1. The van der Waals surface area contributed by atoms with Crippen LogP contribution in [0.3, 0.4) is 0 Å². The third-order valence-corrected chi connectivity index (χ3v) is 4.95. The third kappa shape index (κ3) is 4.64. The van der Waals surface area contributed by atoms with Gasteiger partial charge in [0.05, 0.1) is 17.4 Å². The molecule has 0 radical (unpaired) electrons. The minimum Gasteiger partial charge on any atom is -0.453 e. The van der Waals surface area contributed by atoms with Gasteiger partial charge in [-0.05, 0) is 24.3 Å². The number of nitrogen functional groups attached to an aromatic ring is 1. The molecule has 4 aromatic rings. The second-order valence-corrected chi connectivity index (χ2v) is 7.24. The maximum absolute atomic E-state index is 14.6. The number of hydrogen-bond acceptors (Lipinski definition) is 5. The predicted octanol–water partition coefficient (Wildman–Crippen LogP) is 5.71. The van der Waals surface area contributed by atoms with Gasteiger partial charge in [0.15, 0.2) is 23.0 Å². The van der Waals surface area contributed by atoms with Crippen molar-refractivity contribution >= 4 is 29.0 Å². The number of ether oxygens (including phenoxy) is 1. The highest BCUT2D eigenvalue weighted by atomic mass is 35.5. The summed E-state index contributed by atoms with van der Waals surface area (Å²) >= 11 is 5.97. The second-order valence-electron chi connectivity index (χ2n) is 6.86. The molecule has 0 saturated carbocycles. The normalized spacial score (nSPS) is 11.3. The Kier molecular flexibility index (Phi) is 6.12. The maximum Gasteiger partial charge on any atom is 0.434 e. The van der Waals surface area contributed by atoms with Gasteiger partial charge in [0.1, 0.15) is 10.8 Å². The lowest BCUT2D eigenvalue weighted by Crippen LogP contribution is -2.20. The number of pyridine rings is 1. The summed E-state index contributed by atoms with van der Waals surface area (Å²) in [4.78, 5) is 16.4. The molecule has 12 heteroatoms. The fraction of sp³-hybridized carbons (Fsp3) is 0.0455. The number of nitrogens with two attached hydrogens (primary N) is 1. The van der Waals surface area contributed by atoms with Crippen LogP contribution in [0, 0.1) is 5.82 Å². The highest BCUT2D eigenvalue weighted by Gasteiger charge is 2.40. The first-order valence-corrected chi connectivity index (χ1v) is 9.92. The van der Waals surface area contributed by atoms with Crippen molar-refractivity contribution in [3.63, 3.8) is 0 Å². The fourth-order valence-electron chi connectivity index (χ4n) is 3.05. The summed E-state index contributed by atoms with van der Waals surface area (Å²) in [5.74, 6) is -2.24. The lowest BCUT2D eigenvalue weighted by atomic mass is 10.2. The van der Waals surface area contributed by atoms with E-state index in [0.29, 0.717) is 4.68 Å². The number of carbonyl (C=O) groups is 1. The topological polar surface area (TPSA) is 95.1 Å². The molecule has 2 heterocycles. The SMILES string of the molecule is Nc1nccc(Oc2ccc(NC(=O)c3cnn(-c4ccccc4)c3C(F)(F)F)cc2F)c1Cl. The van der Waals surface area contributed by atoms with Gasteiger partial charge in [-0.2, -0.15) is 18.3 Å². The number of benzene rings is 2. The lowest BCUT2D eigenvalue weighted by molar-refractivity contribution is -0.143. The molecule has 3 N–H and O–H groups in total. The van der Waals surface area contributed by atoms with Crippen molar-refractivity contribution in [3.05, 3.63) is 89.1 Å². The number of nitrogens with zero attached hydrogens (tertiary/aromatic N) is 3. The van der Waals surface area contributed by atoms with Crippen LogP contribution in [0.5, 0.6) is 11.5 Å². The smallest absolute Gasteiger partial charge is 0.434 e. The van der Waals surface area contributed by atoms with E-state index in [-0.39, 0.29) is 33.7 Å². The van der Waals surface area contributed by atoms with Crippen molar-refractivity contribution in [1.82, 2.24) is 14.8 Å². The molecule has 0 saturated heterocycles. The summed E-state index contributed by atoms with van der Waals surface area (Å²) in [5, 5.41) is 5.95. The van der Waals surface area contributed by atoms with Crippen molar-refractivity contribution in [3.8, 4) is 17.2 Å². The molecule has 0 aliphatic carbocycles. The average molecular weight is 492 g/mol. The quantitative estimate of drug-likeness (QED) is 0.349. The molecule has 0 unspecified atom stereocenters. The molecule has 0 fully saturated rings. The summed E-state index contributed by atoms with van der Waals surface area (Å²) in [7, 11) is 0. The van der Waals surface area contributed by atoms with Gasteiger partial charge < -0.3 is 15.8 Å². The number of aromatic nitrogens is 3. The lowest BCUT2D eigenvalue weighted by Gasteiger charge is -2.13. The van der Waals surface area contributed by atoms with Gasteiger partial charge in [0, 0.05) is 24.0 Å². The Morgan fingerprint density at radius 2 is 1.82 bits per heavy atom. The van der Waals surface area contributed by atoms with Crippen LogP contribution in [0.4, 0.5) is 29.1 Å². The number of para-hydroxylation sites is 1. The van der Waals surface area contributed by atoms with Crippen LogP contribution in [0.2, 0.25) is 5.02 Å². The van der Waals surface area contributed by atoms with Crippen LogP contribution in [0.1, 0.15) is 16.1 Å². The minimum atomic E-state index is -4.88. The van der Waals surface area contributed by atoms with E-state index in [1.807, 2.05) is 0 Å². The van der Waals surface area contributed by atoms with Crippen molar-refractivity contribution < 1.29 is 27.1 Å². The number of hydrogen-bond donors (Lipinski definition) is 2. The summed E-state index contributed by atoms with van der Waals surface area (Å²) in [6.07, 6.45) is -2.76. The molecular weight excluding hydrogens is 478 g/mol. The molecule has 0 bridgehead atoms. The second kappa shape index (κ2) is 9.02. The molecule has 0 aliphatic heterocycles. The molecule has 0 spiro atoms. The van der Waals surface area contributed by atoms with Gasteiger partial charge in [-0.15, -0.1) is 0 Å². The zero-order valence-electron chi connectivity index (χ0n) is 17.0. The van der Waals surface area contributed by atoms with Crippen molar-refractivity contribution in [2.45, 2.75) is 6.18 Å². The number of nitrogens with one attached hydrogen (secondary N) is 1. The Morgan fingerprint density at radius 1 is 1.09 bits per heavy atom. The Balaban J connectivity index is 1.59.